The summed E-state index contributed by atoms with van der Waals surface area (Å²) in [6.07, 6.45) is 0. The number of nitrogens with zero attached hydrogens (tertiary/aromatic N) is 1. The van der Waals surface area contributed by atoms with Gasteiger partial charge < -0.3 is 10.6 Å². The van der Waals surface area contributed by atoms with Gasteiger partial charge in [0.15, 0.2) is 4.34 Å². The normalized spacial score (nSPS) is 10.8. The molecule has 2 N–H and O–H groups in total. The number of para-hydroxylation sites is 1. The van der Waals surface area contributed by atoms with E-state index in [4.69, 9.17) is 0 Å². The highest BCUT2D eigenvalue weighted by molar-refractivity contribution is 8.01. The molecule has 8 heteroatoms. The molecule has 4 rings (SSSR count). The van der Waals surface area contributed by atoms with Gasteiger partial charge >= 0.3 is 0 Å². The molecule has 0 saturated heterocycles. The fourth-order valence-electron chi connectivity index (χ4n) is 2.91. The van der Waals surface area contributed by atoms with Crippen molar-refractivity contribution in [2.45, 2.75) is 11.3 Å². The third-order valence-corrected chi connectivity index (χ3v) is 6.65. The number of carbonyl (C=O) groups is 2. The van der Waals surface area contributed by atoms with Gasteiger partial charge in [0.1, 0.15) is 5.82 Å². The maximum atomic E-state index is 13.8. The molecule has 0 aliphatic carbocycles. The molecule has 1 heterocycles. The lowest BCUT2D eigenvalue weighted by Crippen LogP contribution is -2.14. The van der Waals surface area contributed by atoms with Gasteiger partial charge in [-0.15, -0.1) is 11.3 Å². The van der Waals surface area contributed by atoms with Crippen LogP contribution in [0.2, 0.25) is 0 Å². The number of aryl methyl sites for hydroxylation is 1. The minimum atomic E-state index is -0.568. The summed E-state index contributed by atoms with van der Waals surface area (Å²) < 4.78 is 15.4. The van der Waals surface area contributed by atoms with Crippen LogP contribution in [0.3, 0.4) is 0 Å². The molecule has 0 spiro atoms. The van der Waals surface area contributed by atoms with Crippen LogP contribution in [-0.2, 0) is 4.79 Å². The quantitative estimate of drug-likeness (QED) is 0.368. The average Bonchev–Trinajstić information content (AvgIpc) is 3.16. The lowest BCUT2D eigenvalue weighted by molar-refractivity contribution is -0.113. The molecule has 5 nitrogen and oxygen atoms in total. The molecule has 3 aromatic carbocycles. The van der Waals surface area contributed by atoms with Crippen LogP contribution in [0, 0.1) is 12.7 Å². The second-order valence-corrected chi connectivity index (χ2v) is 9.00. The molecule has 2 amide bonds. The fraction of sp³-hybridized carbons (Fsp3) is 0.0870. The van der Waals surface area contributed by atoms with E-state index in [-0.39, 0.29) is 17.2 Å². The summed E-state index contributed by atoms with van der Waals surface area (Å²) in [5.41, 5.74) is 3.12. The highest BCUT2D eigenvalue weighted by atomic mass is 32.2. The summed E-state index contributed by atoms with van der Waals surface area (Å²) in [7, 11) is 0. The lowest BCUT2D eigenvalue weighted by Gasteiger charge is -2.06. The third kappa shape index (κ3) is 5.10. The molecular formula is C23H18FN3O2S2. The number of fused-ring (bicyclic) bond motifs is 1. The SMILES string of the molecule is Cc1ccccc1NC(=O)CSc1nc2ccc(NC(=O)c3ccccc3F)cc2s1. The molecule has 0 aliphatic heterocycles. The largest absolute Gasteiger partial charge is 0.325 e. The molecule has 156 valence electrons. The second-order valence-electron chi connectivity index (χ2n) is 6.75. The van der Waals surface area contributed by atoms with E-state index in [0.29, 0.717) is 5.69 Å². The van der Waals surface area contributed by atoms with E-state index >= 15 is 0 Å². The van der Waals surface area contributed by atoms with Gasteiger partial charge in [-0.1, -0.05) is 42.1 Å². The monoisotopic (exact) mass is 451 g/mol. The number of hydrogen-bond acceptors (Lipinski definition) is 5. The van der Waals surface area contributed by atoms with Gasteiger partial charge in [0.05, 0.1) is 21.5 Å². The van der Waals surface area contributed by atoms with Crippen LogP contribution in [0.5, 0.6) is 0 Å². The van der Waals surface area contributed by atoms with Crippen LogP contribution in [0.15, 0.2) is 71.1 Å². The summed E-state index contributed by atoms with van der Waals surface area (Å²) in [5.74, 6) is -0.937. The Morgan fingerprint density at radius 2 is 1.81 bits per heavy atom. The van der Waals surface area contributed by atoms with Gasteiger partial charge in [-0.05, 0) is 48.9 Å². The summed E-state index contributed by atoms with van der Waals surface area (Å²) in [5, 5.41) is 5.62. The van der Waals surface area contributed by atoms with Crippen LogP contribution in [-0.4, -0.2) is 22.6 Å². The number of amides is 2. The number of anilines is 2. The van der Waals surface area contributed by atoms with Crippen molar-refractivity contribution in [1.82, 2.24) is 4.98 Å². The van der Waals surface area contributed by atoms with Gasteiger partial charge in [0, 0.05) is 11.4 Å². The van der Waals surface area contributed by atoms with Crippen molar-refractivity contribution in [1.29, 1.82) is 0 Å². The Kier molecular flexibility index (Phi) is 6.29. The molecule has 4 aromatic rings. The van der Waals surface area contributed by atoms with Crippen LogP contribution in [0.25, 0.3) is 10.2 Å². The number of carbonyl (C=O) groups excluding carboxylic acids is 2. The predicted molar refractivity (Wildman–Crippen MR) is 125 cm³/mol. The predicted octanol–water partition coefficient (Wildman–Crippen LogP) is 5.73. The van der Waals surface area contributed by atoms with Crippen molar-refractivity contribution in [3.8, 4) is 0 Å². The zero-order valence-electron chi connectivity index (χ0n) is 16.5. The van der Waals surface area contributed by atoms with Crippen LogP contribution in [0.4, 0.5) is 15.8 Å². The first-order chi connectivity index (χ1) is 15.0. The maximum absolute atomic E-state index is 13.8. The summed E-state index contributed by atoms with van der Waals surface area (Å²) in [6.45, 7) is 1.94. The first-order valence-corrected chi connectivity index (χ1v) is 11.2. The third-order valence-electron chi connectivity index (χ3n) is 4.49. The molecule has 0 bridgehead atoms. The van der Waals surface area contributed by atoms with Gasteiger partial charge in [-0.25, -0.2) is 9.37 Å². The molecule has 0 radical (unpaired) electrons. The van der Waals surface area contributed by atoms with E-state index in [1.165, 1.54) is 41.3 Å². The highest BCUT2D eigenvalue weighted by Gasteiger charge is 2.13. The van der Waals surface area contributed by atoms with Crippen molar-refractivity contribution in [3.63, 3.8) is 0 Å². The molecule has 0 atom stereocenters. The van der Waals surface area contributed by atoms with E-state index in [1.54, 1.807) is 24.3 Å². The molecule has 0 saturated carbocycles. The van der Waals surface area contributed by atoms with Gasteiger partial charge in [0.25, 0.3) is 5.91 Å². The zero-order chi connectivity index (χ0) is 21.8. The number of thioether (sulfide) groups is 1. The first-order valence-electron chi connectivity index (χ1n) is 9.44. The lowest BCUT2D eigenvalue weighted by atomic mass is 10.2. The van der Waals surface area contributed by atoms with Gasteiger partial charge in [-0.2, -0.15) is 0 Å². The average molecular weight is 452 g/mol. The minimum absolute atomic E-state index is 0.0113. The molecule has 0 aliphatic rings. The van der Waals surface area contributed by atoms with Crippen LogP contribution >= 0.6 is 23.1 Å². The molecule has 0 fully saturated rings. The maximum Gasteiger partial charge on any atom is 0.258 e. The number of aromatic nitrogens is 1. The Bertz CT molecular complexity index is 1270. The topological polar surface area (TPSA) is 71.1 Å². The van der Waals surface area contributed by atoms with Crippen molar-refractivity contribution in [2.75, 3.05) is 16.4 Å². The number of hydrogen-bond donors (Lipinski definition) is 2. The van der Waals surface area contributed by atoms with Gasteiger partial charge in [0.2, 0.25) is 5.91 Å². The standard InChI is InChI=1S/C23H18FN3O2S2/c1-14-6-2-5-9-18(14)26-21(28)13-30-23-27-19-11-10-15(12-20(19)31-23)25-22(29)16-7-3-4-8-17(16)24/h2-12H,13H2,1H3,(H,25,29)(H,26,28). The van der Waals surface area contributed by atoms with Crippen molar-refractivity contribution >= 4 is 56.5 Å². The molecule has 1 aromatic heterocycles. The Balaban J connectivity index is 1.40. The van der Waals surface area contributed by atoms with E-state index in [9.17, 15) is 14.0 Å². The van der Waals surface area contributed by atoms with Crippen molar-refractivity contribution in [2.24, 2.45) is 0 Å². The Labute approximate surface area is 186 Å². The number of thiazole rings is 1. The second kappa shape index (κ2) is 9.28. The molecule has 31 heavy (non-hydrogen) atoms. The first kappa shape index (κ1) is 21.0. The van der Waals surface area contributed by atoms with E-state index in [0.717, 1.165) is 25.8 Å². The fourth-order valence-corrected chi connectivity index (χ4v) is 4.82. The van der Waals surface area contributed by atoms with Crippen LogP contribution < -0.4 is 10.6 Å². The van der Waals surface area contributed by atoms with E-state index in [1.807, 2.05) is 31.2 Å². The summed E-state index contributed by atoms with van der Waals surface area (Å²) in [6, 6.07) is 18.8. The number of halogens is 1. The summed E-state index contributed by atoms with van der Waals surface area (Å²) in [4.78, 5) is 29.1. The zero-order valence-corrected chi connectivity index (χ0v) is 18.1. The highest BCUT2D eigenvalue weighted by Crippen LogP contribution is 2.31. The van der Waals surface area contributed by atoms with Crippen molar-refractivity contribution in [3.05, 3.63) is 83.7 Å². The van der Waals surface area contributed by atoms with Crippen molar-refractivity contribution < 1.29 is 14.0 Å². The summed E-state index contributed by atoms with van der Waals surface area (Å²) >= 11 is 2.79. The Hall–Kier alpha value is -3.23. The van der Waals surface area contributed by atoms with E-state index < -0.39 is 11.7 Å². The Morgan fingerprint density at radius 3 is 2.61 bits per heavy atom. The number of nitrogens with one attached hydrogen (secondary N) is 2. The smallest absolute Gasteiger partial charge is 0.258 e. The minimum Gasteiger partial charge on any atom is -0.325 e. The molecular weight excluding hydrogens is 433 g/mol. The number of rotatable bonds is 6. The van der Waals surface area contributed by atoms with E-state index in [2.05, 4.69) is 15.6 Å². The van der Waals surface area contributed by atoms with Crippen LogP contribution in [0.1, 0.15) is 15.9 Å². The Morgan fingerprint density at radius 1 is 1.03 bits per heavy atom. The van der Waals surface area contributed by atoms with Gasteiger partial charge in [-0.3, -0.25) is 9.59 Å². The number of benzene rings is 3. The molecule has 0 unspecified atom stereocenters.